The molecule has 306 valence electrons. The van der Waals surface area contributed by atoms with E-state index in [2.05, 4.69) is 40.4 Å². The number of nitrogens with zero attached hydrogens (tertiary/aromatic N) is 1. The zero-order valence-electron chi connectivity index (χ0n) is 30.2. The number of halogens is 6. The Morgan fingerprint density at radius 2 is 1.43 bits per heavy atom. The average molecular weight is 800 g/mol. The summed E-state index contributed by atoms with van der Waals surface area (Å²) in [5.74, 6) is -3.84. The van der Waals surface area contributed by atoms with Gasteiger partial charge in [0.2, 0.25) is 5.56 Å². The first-order valence-electron chi connectivity index (χ1n) is 17.3. The van der Waals surface area contributed by atoms with E-state index in [1.165, 1.54) is 23.3 Å². The average Bonchev–Trinajstić information content (AvgIpc) is 3.13. The third-order valence-corrected chi connectivity index (χ3v) is 8.73. The molecular formula is C38H43F6N3O9. The molecule has 0 spiro atoms. The van der Waals surface area contributed by atoms with Crippen molar-refractivity contribution in [3.05, 3.63) is 99.3 Å². The molecule has 1 fully saturated rings. The van der Waals surface area contributed by atoms with Gasteiger partial charge in [0.1, 0.15) is 17.2 Å². The topological polar surface area (TPSA) is 193 Å². The van der Waals surface area contributed by atoms with Crippen molar-refractivity contribution in [2.45, 2.75) is 56.5 Å². The van der Waals surface area contributed by atoms with E-state index in [0.29, 0.717) is 47.8 Å². The smallest absolute Gasteiger partial charge is 0.490 e. The molecule has 18 heteroatoms. The van der Waals surface area contributed by atoms with E-state index in [1.54, 1.807) is 12.1 Å². The van der Waals surface area contributed by atoms with Gasteiger partial charge in [-0.25, -0.2) is 9.59 Å². The monoisotopic (exact) mass is 799 g/mol. The van der Waals surface area contributed by atoms with E-state index in [1.807, 2.05) is 24.3 Å². The predicted molar refractivity (Wildman–Crippen MR) is 193 cm³/mol. The number of aliphatic carboxylic acids is 2. The molecule has 5 rings (SSSR count). The van der Waals surface area contributed by atoms with Gasteiger partial charge in [0.25, 0.3) is 0 Å². The van der Waals surface area contributed by atoms with Gasteiger partial charge < -0.3 is 45.5 Å². The number of likely N-dealkylation sites (tertiary alicyclic amines) is 1. The Kier molecular flexibility index (Phi) is 16.5. The second kappa shape index (κ2) is 20.5. The summed E-state index contributed by atoms with van der Waals surface area (Å²) in [5.41, 5.74) is 4.18. The molecule has 56 heavy (non-hydrogen) atoms. The number of aliphatic hydroxyl groups is 1. The first kappa shape index (κ1) is 45.1. The van der Waals surface area contributed by atoms with E-state index in [9.17, 15) is 46.5 Å². The summed E-state index contributed by atoms with van der Waals surface area (Å²) in [6, 6.07) is 20.3. The number of ether oxygens (including phenoxy) is 1. The number of benzene rings is 3. The second-order valence-electron chi connectivity index (χ2n) is 12.9. The minimum Gasteiger partial charge on any atom is -0.508 e. The van der Waals surface area contributed by atoms with Gasteiger partial charge in [0, 0.05) is 18.0 Å². The fourth-order valence-corrected chi connectivity index (χ4v) is 5.76. The molecule has 1 aromatic heterocycles. The highest BCUT2D eigenvalue weighted by Crippen LogP contribution is 2.34. The molecule has 0 unspecified atom stereocenters. The maximum absolute atomic E-state index is 11.6. The van der Waals surface area contributed by atoms with E-state index in [4.69, 9.17) is 24.5 Å². The van der Waals surface area contributed by atoms with Gasteiger partial charge in [-0.1, -0.05) is 30.3 Å². The van der Waals surface area contributed by atoms with Crippen LogP contribution in [0.15, 0.2) is 71.5 Å². The normalized spacial score (nSPS) is 14.2. The van der Waals surface area contributed by atoms with Crippen molar-refractivity contribution in [1.29, 1.82) is 0 Å². The van der Waals surface area contributed by atoms with Gasteiger partial charge in [0.15, 0.2) is 0 Å². The third-order valence-electron chi connectivity index (χ3n) is 8.73. The van der Waals surface area contributed by atoms with E-state index >= 15 is 0 Å². The SMILES string of the molecule is CN1CCC(c2cc(CCCOc3ccc(CCNC[C@H](O)c4ccc(O)c5[nH]c(=O)ccc45)cc3)ccc2O)CC1.O=C(O)C(F)(F)F.O=C(O)C(F)(F)F. The van der Waals surface area contributed by atoms with Crippen molar-refractivity contribution in [2.75, 3.05) is 39.8 Å². The quantitative estimate of drug-likeness (QED) is 0.0668. The lowest BCUT2D eigenvalue weighted by molar-refractivity contribution is -0.193. The van der Waals surface area contributed by atoms with Crippen LogP contribution >= 0.6 is 0 Å². The van der Waals surface area contributed by atoms with Crippen LogP contribution in [0.25, 0.3) is 10.9 Å². The maximum atomic E-state index is 11.6. The molecule has 1 saturated heterocycles. The van der Waals surface area contributed by atoms with Crippen LogP contribution < -0.4 is 15.6 Å². The van der Waals surface area contributed by atoms with Crippen LogP contribution in [-0.4, -0.2) is 99.5 Å². The predicted octanol–water partition coefficient (Wildman–Crippen LogP) is 5.89. The highest BCUT2D eigenvalue weighted by molar-refractivity contribution is 5.87. The Morgan fingerprint density at radius 3 is 2.02 bits per heavy atom. The fraction of sp³-hybridized carbons (Fsp3) is 0.395. The summed E-state index contributed by atoms with van der Waals surface area (Å²) in [6.07, 6.45) is -6.16. The van der Waals surface area contributed by atoms with Gasteiger partial charge in [0.05, 0.1) is 18.2 Å². The lowest BCUT2D eigenvalue weighted by Gasteiger charge is -2.29. The number of carboxylic acid groups (broad SMARTS) is 2. The van der Waals surface area contributed by atoms with Crippen LogP contribution in [0.1, 0.15) is 53.5 Å². The lowest BCUT2D eigenvalue weighted by Crippen LogP contribution is -2.29. The van der Waals surface area contributed by atoms with Gasteiger partial charge >= 0.3 is 24.3 Å². The maximum Gasteiger partial charge on any atom is 0.490 e. The van der Waals surface area contributed by atoms with Crippen LogP contribution in [0.5, 0.6) is 17.2 Å². The molecule has 4 aromatic rings. The Hall–Kier alpha value is -5.33. The van der Waals surface area contributed by atoms with Crippen LogP contribution in [0.4, 0.5) is 26.3 Å². The fourth-order valence-electron chi connectivity index (χ4n) is 5.76. The number of fused-ring (bicyclic) bond motifs is 1. The Labute approximate surface area is 317 Å². The standard InChI is InChI=1S/C34H41N3O5.2C2HF3O2/c1-37-18-15-25(16-19-37)29-21-24(6-11-30(29)38)3-2-20-42-26-7-4-23(5-8-26)14-17-35-22-32(40)27-9-12-31(39)34-28(27)10-13-33(41)36-34;2*3-2(4,5)1(6)7/h4-13,21,25,32,35,38-40H,2-3,14-20,22H2,1H3,(H,36,41);2*(H,6,7)/t32-;;/m0../s1. The molecule has 3 aromatic carbocycles. The summed E-state index contributed by atoms with van der Waals surface area (Å²) in [4.78, 5) is 34.4. The molecule has 0 aliphatic carbocycles. The summed E-state index contributed by atoms with van der Waals surface area (Å²) >= 11 is 0. The van der Waals surface area contributed by atoms with Crippen molar-refractivity contribution in [3.8, 4) is 17.2 Å². The molecule has 12 nitrogen and oxygen atoms in total. The van der Waals surface area contributed by atoms with Crippen molar-refractivity contribution < 1.29 is 66.2 Å². The number of aliphatic hydroxyl groups excluding tert-OH is 1. The Morgan fingerprint density at radius 1 is 0.857 bits per heavy atom. The number of carbonyl (C=O) groups is 2. The first-order valence-corrected chi connectivity index (χ1v) is 17.3. The molecule has 0 saturated carbocycles. The number of hydrogen-bond donors (Lipinski definition) is 7. The number of aryl methyl sites for hydroxylation is 1. The Bertz CT molecular complexity index is 1920. The van der Waals surface area contributed by atoms with Gasteiger partial charge in [-0.2, -0.15) is 26.3 Å². The number of hydrogen-bond acceptors (Lipinski definition) is 9. The number of phenolic OH excluding ortho intramolecular Hbond substituents is 2. The number of aromatic amines is 1. The third kappa shape index (κ3) is 14.4. The van der Waals surface area contributed by atoms with E-state index in [0.717, 1.165) is 56.5 Å². The number of alkyl halides is 6. The number of carboxylic acids is 2. The zero-order valence-corrected chi connectivity index (χ0v) is 30.2. The highest BCUT2D eigenvalue weighted by Gasteiger charge is 2.39. The van der Waals surface area contributed by atoms with Gasteiger partial charge in [-0.05, 0) is 117 Å². The minimum atomic E-state index is -5.08. The molecular weight excluding hydrogens is 756 g/mol. The number of aromatic nitrogens is 1. The zero-order chi connectivity index (χ0) is 41.6. The van der Waals surface area contributed by atoms with E-state index in [-0.39, 0.29) is 11.3 Å². The highest BCUT2D eigenvalue weighted by atomic mass is 19.4. The lowest BCUT2D eigenvalue weighted by atomic mass is 9.87. The molecule has 0 amide bonds. The molecule has 1 aliphatic heterocycles. The number of nitrogens with one attached hydrogen (secondary N) is 2. The van der Waals surface area contributed by atoms with Crippen molar-refractivity contribution >= 4 is 22.8 Å². The van der Waals surface area contributed by atoms with Gasteiger partial charge in [-0.15, -0.1) is 0 Å². The minimum absolute atomic E-state index is 0.0201. The molecule has 2 heterocycles. The van der Waals surface area contributed by atoms with Crippen molar-refractivity contribution in [3.63, 3.8) is 0 Å². The molecule has 0 radical (unpaired) electrons. The molecule has 1 aliphatic rings. The molecule has 7 N–H and O–H groups in total. The summed E-state index contributed by atoms with van der Waals surface area (Å²) in [6.45, 7) is 3.81. The Balaban J connectivity index is 0.000000512. The summed E-state index contributed by atoms with van der Waals surface area (Å²) < 4.78 is 69.5. The number of rotatable bonds is 12. The number of pyridine rings is 1. The van der Waals surface area contributed by atoms with Crippen LogP contribution in [0.2, 0.25) is 0 Å². The van der Waals surface area contributed by atoms with Crippen LogP contribution in [0, 0.1) is 0 Å². The summed E-state index contributed by atoms with van der Waals surface area (Å²) in [7, 11) is 2.15. The second-order valence-corrected chi connectivity index (χ2v) is 12.9. The van der Waals surface area contributed by atoms with Crippen molar-refractivity contribution in [2.24, 2.45) is 0 Å². The van der Waals surface area contributed by atoms with Crippen LogP contribution in [0.3, 0.4) is 0 Å². The number of aromatic hydroxyl groups is 2. The largest absolute Gasteiger partial charge is 0.508 e. The van der Waals surface area contributed by atoms with Gasteiger partial charge in [-0.3, -0.25) is 4.79 Å². The number of H-pyrrole nitrogens is 1. The van der Waals surface area contributed by atoms with Crippen LogP contribution in [-0.2, 0) is 22.4 Å². The van der Waals surface area contributed by atoms with Crippen molar-refractivity contribution in [1.82, 2.24) is 15.2 Å². The molecule has 1 atom stereocenters. The number of piperidine rings is 1. The summed E-state index contributed by atoms with van der Waals surface area (Å²) in [5, 5.41) is 49.3. The first-order chi connectivity index (χ1) is 26.3. The van der Waals surface area contributed by atoms with E-state index < -0.39 is 30.4 Å². The molecule has 0 bridgehead atoms. The number of phenols is 2.